The Labute approximate surface area is 172 Å². The van der Waals surface area contributed by atoms with Crippen molar-refractivity contribution in [1.29, 1.82) is 0 Å². The summed E-state index contributed by atoms with van der Waals surface area (Å²) in [5, 5.41) is 1.68. The Bertz CT molecular complexity index is 1140. The zero-order valence-electron chi connectivity index (χ0n) is 16.0. The summed E-state index contributed by atoms with van der Waals surface area (Å²) >= 11 is 2.78. The fraction of sp³-hybridized carbons (Fsp3) is 0.444. The number of aryl methyl sites for hydroxylation is 2. The lowest BCUT2D eigenvalue weighted by Gasteiger charge is -2.19. The molecule has 1 aliphatic heterocycles. The monoisotopic (exact) mass is 438 g/mol. The predicted molar refractivity (Wildman–Crippen MR) is 111 cm³/mol. The maximum absolute atomic E-state index is 13.1. The number of aromatic nitrogens is 2. The van der Waals surface area contributed by atoms with E-state index in [4.69, 9.17) is 0 Å². The lowest BCUT2D eigenvalue weighted by atomic mass is 10.3. The molecular weight excluding hydrogens is 416 g/mol. The first-order valence-corrected chi connectivity index (χ1v) is 12.2. The SMILES string of the molecule is Cc1cn2c(CN(C)C(=O)c3sccc3S(=O)(=O)N3CCCC3)c(C)nc2s1. The Kier molecular flexibility index (Phi) is 5.07. The zero-order chi connectivity index (χ0) is 20.1. The molecule has 1 amide bonds. The third kappa shape index (κ3) is 3.28. The summed E-state index contributed by atoms with van der Waals surface area (Å²) in [6, 6.07) is 1.55. The van der Waals surface area contributed by atoms with Gasteiger partial charge in [0.05, 0.1) is 17.9 Å². The number of hydrogen-bond acceptors (Lipinski definition) is 6. The quantitative estimate of drug-likeness (QED) is 0.613. The molecule has 0 atom stereocenters. The lowest BCUT2D eigenvalue weighted by Crippen LogP contribution is -2.31. The number of thiazole rings is 1. The molecule has 10 heteroatoms. The van der Waals surface area contributed by atoms with Crippen molar-refractivity contribution in [3.63, 3.8) is 0 Å². The van der Waals surface area contributed by atoms with Crippen molar-refractivity contribution in [2.45, 2.75) is 38.1 Å². The molecule has 4 rings (SSSR count). The van der Waals surface area contributed by atoms with E-state index in [0.29, 0.717) is 19.6 Å². The van der Waals surface area contributed by atoms with E-state index >= 15 is 0 Å². The number of rotatable bonds is 5. The Balaban J connectivity index is 1.61. The van der Waals surface area contributed by atoms with Crippen LogP contribution in [-0.2, 0) is 16.6 Å². The minimum absolute atomic E-state index is 0.123. The molecule has 0 aromatic carbocycles. The molecule has 0 N–H and O–H groups in total. The van der Waals surface area contributed by atoms with Crippen molar-refractivity contribution in [3.8, 4) is 0 Å². The zero-order valence-corrected chi connectivity index (χ0v) is 18.5. The minimum atomic E-state index is -3.63. The average molecular weight is 439 g/mol. The molecule has 4 heterocycles. The van der Waals surface area contributed by atoms with Crippen LogP contribution >= 0.6 is 22.7 Å². The van der Waals surface area contributed by atoms with Crippen LogP contribution in [0.5, 0.6) is 0 Å². The van der Waals surface area contributed by atoms with Gasteiger partial charge >= 0.3 is 0 Å². The molecule has 0 bridgehead atoms. The maximum Gasteiger partial charge on any atom is 0.265 e. The summed E-state index contributed by atoms with van der Waals surface area (Å²) in [5.74, 6) is -0.283. The van der Waals surface area contributed by atoms with Gasteiger partial charge in [-0.1, -0.05) is 0 Å². The molecule has 0 unspecified atom stereocenters. The van der Waals surface area contributed by atoms with E-state index in [2.05, 4.69) is 4.98 Å². The van der Waals surface area contributed by atoms with Crippen LogP contribution in [0.25, 0.3) is 4.96 Å². The first-order valence-electron chi connectivity index (χ1n) is 9.06. The van der Waals surface area contributed by atoms with Crippen LogP contribution in [0, 0.1) is 13.8 Å². The van der Waals surface area contributed by atoms with E-state index in [-0.39, 0.29) is 15.7 Å². The Hall–Kier alpha value is -1.75. The Morgan fingerprint density at radius 3 is 2.71 bits per heavy atom. The Morgan fingerprint density at radius 2 is 2.00 bits per heavy atom. The summed E-state index contributed by atoms with van der Waals surface area (Å²) in [5.41, 5.74) is 1.82. The molecule has 0 radical (unpaired) electrons. The number of fused-ring (bicyclic) bond motifs is 1. The molecular formula is C18H22N4O3S3. The molecule has 0 saturated carbocycles. The fourth-order valence-corrected chi connectivity index (χ4v) is 7.29. The van der Waals surface area contributed by atoms with E-state index in [0.717, 1.165) is 34.1 Å². The van der Waals surface area contributed by atoms with E-state index in [1.165, 1.54) is 15.6 Å². The van der Waals surface area contributed by atoms with Crippen molar-refractivity contribution in [2.75, 3.05) is 20.1 Å². The molecule has 0 spiro atoms. The van der Waals surface area contributed by atoms with Crippen molar-refractivity contribution in [1.82, 2.24) is 18.6 Å². The van der Waals surface area contributed by atoms with E-state index in [1.807, 2.05) is 24.4 Å². The van der Waals surface area contributed by atoms with Crippen LogP contribution in [0.3, 0.4) is 0 Å². The van der Waals surface area contributed by atoms with Gasteiger partial charge in [0.25, 0.3) is 5.91 Å². The van der Waals surface area contributed by atoms with Crippen LogP contribution in [0.2, 0.25) is 0 Å². The first-order chi connectivity index (χ1) is 13.3. The second-order valence-corrected chi connectivity index (χ2v) is 11.1. The summed E-state index contributed by atoms with van der Waals surface area (Å²) in [7, 11) is -1.92. The molecule has 150 valence electrons. The van der Waals surface area contributed by atoms with Crippen LogP contribution in [0.4, 0.5) is 0 Å². The standard InChI is InChI=1S/C18H22N4O3S3/c1-12-10-22-14(13(2)19-18(22)27-12)11-20(3)17(23)16-15(6-9-26-16)28(24,25)21-7-4-5-8-21/h6,9-10H,4-5,7-8,11H2,1-3H3. The number of thiophene rings is 1. The van der Waals surface area contributed by atoms with Gasteiger partial charge in [0, 0.05) is 31.2 Å². The summed E-state index contributed by atoms with van der Waals surface area (Å²) in [6.07, 6.45) is 3.74. The predicted octanol–water partition coefficient (Wildman–Crippen LogP) is 3.13. The highest BCUT2D eigenvalue weighted by Crippen LogP contribution is 2.29. The van der Waals surface area contributed by atoms with Gasteiger partial charge in [0.15, 0.2) is 4.96 Å². The molecule has 1 saturated heterocycles. The van der Waals surface area contributed by atoms with Crippen LogP contribution in [0.1, 0.15) is 38.8 Å². The van der Waals surface area contributed by atoms with Crippen LogP contribution < -0.4 is 0 Å². The highest BCUT2D eigenvalue weighted by atomic mass is 32.2. The minimum Gasteiger partial charge on any atom is -0.335 e. The van der Waals surface area contributed by atoms with Gasteiger partial charge in [0.2, 0.25) is 10.0 Å². The molecule has 28 heavy (non-hydrogen) atoms. The largest absolute Gasteiger partial charge is 0.335 e. The fourth-order valence-electron chi connectivity index (χ4n) is 3.49. The van der Waals surface area contributed by atoms with Crippen molar-refractivity contribution < 1.29 is 13.2 Å². The molecule has 7 nitrogen and oxygen atoms in total. The van der Waals surface area contributed by atoms with Crippen LogP contribution in [0.15, 0.2) is 22.5 Å². The third-order valence-corrected chi connectivity index (χ3v) is 8.85. The highest BCUT2D eigenvalue weighted by molar-refractivity contribution is 7.89. The highest BCUT2D eigenvalue weighted by Gasteiger charge is 2.32. The van der Waals surface area contributed by atoms with E-state index < -0.39 is 10.0 Å². The molecule has 3 aromatic rings. The van der Waals surface area contributed by atoms with Gasteiger partial charge in [-0.05, 0) is 38.1 Å². The number of hydrogen-bond donors (Lipinski definition) is 0. The van der Waals surface area contributed by atoms with Gasteiger partial charge in [-0.25, -0.2) is 13.4 Å². The van der Waals surface area contributed by atoms with Gasteiger partial charge in [0.1, 0.15) is 9.77 Å². The van der Waals surface area contributed by atoms with Crippen molar-refractivity contribution in [2.24, 2.45) is 0 Å². The number of imidazole rings is 1. The number of nitrogens with zero attached hydrogens (tertiary/aromatic N) is 4. The number of carbonyl (C=O) groups excluding carboxylic acids is 1. The van der Waals surface area contributed by atoms with Crippen LogP contribution in [-0.4, -0.2) is 53.1 Å². The van der Waals surface area contributed by atoms with Gasteiger partial charge in [-0.15, -0.1) is 22.7 Å². The van der Waals surface area contributed by atoms with E-state index in [1.54, 1.807) is 34.7 Å². The van der Waals surface area contributed by atoms with Gasteiger partial charge < -0.3 is 4.90 Å². The Morgan fingerprint density at radius 1 is 1.29 bits per heavy atom. The summed E-state index contributed by atoms with van der Waals surface area (Å²) < 4.78 is 29.4. The molecule has 0 aliphatic carbocycles. The normalized spacial score (nSPS) is 15.5. The number of carbonyl (C=O) groups is 1. The molecule has 3 aromatic heterocycles. The van der Waals surface area contributed by atoms with Gasteiger partial charge in [-0.2, -0.15) is 4.31 Å². The molecule has 1 fully saturated rings. The molecule has 1 aliphatic rings. The van der Waals surface area contributed by atoms with Gasteiger partial charge in [-0.3, -0.25) is 9.20 Å². The van der Waals surface area contributed by atoms with Crippen molar-refractivity contribution >= 4 is 43.6 Å². The average Bonchev–Trinajstić information content (AvgIpc) is 3.40. The van der Waals surface area contributed by atoms with Crippen molar-refractivity contribution in [3.05, 3.63) is 38.8 Å². The smallest absolute Gasteiger partial charge is 0.265 e. The topological polar surface area (TPSA) is 75.0 Å². The third-order valence-electron chi connectivity index (χ3n) is 4.98. The maximum atomic E-state index is 13.1. The second kappa shape index (κ2) is 7.25. The second-order valence-electron chi connectivity index (χ2n) is 7.02. The van der Waals surface area contributed by atoms with E-state index in [9.17, 15) is 13.2 Å². The number of amides is 1. The summed E-state index contributed by atoms with van der Waals surface area (Å²) in [4.78, 5) is 21.7. The summed E-state index contributed by atoms with van der Waals surface area (Å²) in [6.45, 7) is 5.35. The lowest BCUT2D eigenvalue weighted by molar-refractivity contribution is 0.0784. The number of sulfonamides is 1. The first kappa shape index (κ1) is 19.6.